The highest BCUT2D eigenvalue weighted by Crippen LogP contribution is 2.05. The van der Waals surface area contributed by atoms with Gasteiger partial charge in [-0.25, -0.2) is 0 Å². The lowest BCUT2D eigenvalue weighted by atomic mass is 10.2. The van der Waals surface area contributed by atoms with Crippen molar-refractivity contribution in [2.24, 2.45) is 0 Å². The number of likely N-dealkylation sites (N-methyl/N-ethyl adjacent to an activating group) is 1. The molecule has 6 heteroatoms. The Hall–Kier alpha value is -1.01. The number of nitrogens with zero attached hydrogens (tertiary/aromatic N) is 4. The summed E-state index contributed by atoms with van der Waals surface area (Å²) < 4.78 is 0. The molecule has 2 N–H and O–H groups in total. The van der Waals surface area contributed by atoms with Gasteiger partial charge in [-0.15, -0.1) is 10.2 Å². The summed E-state index contributed by atoms with van der Waals surface area (Å²) in [4.78, 5) is 2.31. The zero-order valence-electron chi connectivity index (χ0n) is 7.69. The summed E-state index contributed by atoms with van der Waals surface area (Å²) >= 11 is 0. The van der Waals surface area contributed by atoms with E-state index >= 15 is 0 Å². The molecule has 0 aromatic carbocycles. The summed E-state index contributed by atoms with van der Waals surface area (Å²) in [5.74, 6) is 0.731. The summed E-state index contributed by atoms with van der Waals surface area (Å²) in [6.45, 7) is 2.98. The van der Waals surface area contributed by atoms with Gasteiger partial charge in [0.15, 0.2) is 5.82 Å². The van der Waals surface area contributed by atoms with Gasteiger partial charge in [0.05, 0.1) is 6.54 Å². The van der Waals surface area contributed by atoms with Crippen LogP contribution in [0.2, 0.25) is 0 Å². The first-order chi connectivity index (χ1) is 6.34. The first-order valence-corrected chi connectivity index (χ1v) is 4.49. The molecular weight excluding hydrogens is 168 g/mol. The second-order valence-corrected chi connectivity index (χ2v) is 3.46. The molecule has 1 aliphatic rings. The van der Waals surface area contributed by atoms with Crippen LogP contribution in [0.15, 0.2) is 0 Å². The molecule has 0 spiro atoms. The molecule has 0 aliphatic carbocycles. The molecule has 0 saturated carbocycles. The minimum atomic E-state index is 0.573. The molecule has 1 aliphatic heterocycles. The number of hydrogen-bond acceptors (Lipinski definition) is 5. The number of rotatable bonds is 3. The molecule has 0 bridgehead atoms. The number of likely N-dealkylation sites (tertiary alicyclic amines) is 1. The number of aromatic nitrogens is 4. The summed E-state index contributed by atoms with van der Waals surface area (Å²) in [6, 6.07) is 0.573. The molecule has 72 valence electrons. The molecular formula is C7H14N6. The Morgan fingerprint density at radius 3 is 3.23 bits per heavy atom. The van der Waals surface area contributed by atoms with Crippen molar-refractivity contribution in [3.05, 3.63) is 5.82 Å². The van der Waals surface area contributed by atoms with Gasteiger partial charge in [0.25, 0.3) is 0 Å². The Labute approximate surface area is 76.7 Å². The fourth-order valence-electron chi connectivity index (χ4n) is 1.59. The fourth-order valence-corrected chi connectivity index (χ4v) is 1.59. The average Bonchev–Trinajstić information content (AvgIpc) is 2.71. The number of H-pyrrole nitrogens is 1. The van der Waals surface area contributed by atoms with Gasteiger partial charge in [-0.05, 0) is 20.0 Å². The zero-order chi connectivity index (χ0) is 9.10. The number of tetrazole rings is 1. The van der Waals surface area contributed by atoms with Gasteiger partial charge >= 0.3 is 0 Å². The molecule has 1 unspecified atom stereocenters. The summed E-state index contributed by atoms with van der Waals surface area (Å²) in [5.41, 5.74) is 0. The fraction of sp³-hybridized carbons (Fsp3) is 0.857. The quantitative estimate of drug-likeness (QED) is 0.627. The Morgan fingerprint density at radius 1 is 1.69 bits per heavy atom. The van der Waals surface area contributed by atoms with E-state index in [2.05, 4.69) is 37.9 Å². The van der Waals surface area contributed by atoms with Gasteiger partial charge in [-0.1, -0.05) is 5.21 Å². The molecule has 1 aromatic heterocycles. The Balaban J connectivity index is 1.74. The van der Waals surface area contributed by atoms with E-state index in [4.69, 9.17) is 0 Å². The summed E-state index contributed by atoms with van der Waals surface area (Å²) in [6.07, 6.45) is 1.20. The van der Waals surface area contributed by atoms with Crippen molar-refractivity contribution in [2.75, 3.05) is 20.1 Å². The average molecular weight is 182 g/mol. The third kappa shape index (κ3) is 2.22. The van der Waals surface area contributed by atoms with E-state index in [0.717, 1.165) is 12.4 Å². The highest BCUT2D eigenvalue weighted by molar-refractivity contribution is 4.82. The van der Waals surface area contributed by atoms with Gasteiger partial charge < -0.3 is 10.2 Å². The third-order valence-corrected chi connectivity index (χ3v) is 2.33. The highest BCUT2D eigenvalue weighted by atomic mass is 15.5. The lowest BCUT2D eigenvalue weighted by molar-refractivity contribution is 0.396. The normalized spacial score (nSPS) is 23.9. The topological polar surface area (TPSA) is 69.7 Å². The lowest BCUT2D eigenvalue weighted by Crippen LogP contribution is -2.31. The van der Waals surface area contributed by atoms with Crippen LogP contribution in [-0.2, 0) is 6.54 Å². The first-order valence-electron chi connectivity index (χ1n) is 4.49. The SMILES string of the molecule is CN1CCC(NCc2nn[nH]n2)C1. The highest BCUT2D eigenvalue weighted by Gasteiger charge is 2.18. The van der Waals surface area contributed by atoms with E-state index in [-0.39, 0.29) is 0 Å². The van der Waals surface area contributed by atoms with Crippen molar-refractivity contribution in [1.29, 1.82) is 0 Å². The van der Waals surface area contributed by atoms with E-state index in [9.17, 15) is 0 Å². The van der Waals surface area contributed by atoms with Crippen LogP contribution in [-0.4, -0.2) is 51.7 Å². The van der Waals surface area contributed by atoms with Crippen molar-refractivity contribution in [2.45, 2.75) is 19.0 Å². The van der Waals surface area contributed by atoms with Crippen molar-refractivity contribution in [3.8, 4) is 0 Å². The molecule has 1 aromatic rings. The largest absolute Gasteiger partial charge is 0.306 e. The van der Waals surface area contributed by atoms with Gasteiger partial charge in [-0.2, -0.15) is 5.21 Å². The molecule has 1 fully saturated rings. The van der Waals surface area contributed by atoms with Crippen LogP contribution in [0.25, 0.3) is 0 Å². The molecule has 2 rings (SSSR count). The molecule has 13 heavy (non-hydrogen) atoms. The Morgan fingerprint density at radius 2 is 2.62 bits per heavy atom. The van der Waals surface area contributed by atoms with Crippen molar-refractivity contribution in [3.63, 3.8) is 0 Å². The van der Waals surface area contributed by atoms with Gasteiger partial charge in [0.1, 0.15) is 0 Å². The van der Waals surface area contributed by atoms with E-state index in [0.29, 0.717) is 12.6 Å². The van der Waals surface area contributed by atoms with Crippen molar-refractivity contribution >= 4 is 0 Å². The smallest absolute Gasteiger partial charge is 0.188 e. The predicted molar refractivity (Wildman–Crippen MR) is 46.9 cm³/mol. The molecule has 0 radical (unpaired) electrons. The van der Waals surface area contributed by atoms with Crippen LogP contribution in [0.3, 0.4) is 0 Å². The Bertz CT molecular complexity index is 245. The van der Waals surface area contributed by atoms with Gasteiger partial charge in [-0.3, -0.25) is 0 Å². The standard InChI is InChI=1S/C7H14N6/c1-13-3-2-6(5-13)8-4-7-9-11-12-10-7/h6,8H,2-5H2,1H3,(H,9,10,11,12). The van der Waals surface area contributed by atoms with E-state index in [1.54, 1.807) is 0 Å². The van der Waals surface area contributed by atoms with Crippen LogP contribution in [0.1, 0.15) is 12.2 Å². The van der Waals surface area contributed by atoms with E-state index < -0.39 is 0 Å². The number of aromatic amines is 1. The van der Waals surface area contributed by atoms with Crippen LogP contribution in [0, 0.1) is 0 Å². The minimum Gasteiger partial charge on any atom is -0.306 e. The summed E-state index contributed by atoms with van der Waals surface area (Å²) in [7, 11) is 2.13. The molecule has 2 heterocycles. The van der Waals surface area contributed by atoms with E-state index in [1.165, 1.54) is 13.0 Å². The van der Waals surface area contributed by atoms with Crippen LogP contribution in [0.5, 0.6) is 0 Å². The second kappa shape index (κ2) is 3.80. The maximum Gasteiger partial charge on any atom is 0.188 e. The van der Waals surface area contributed by atoms with Crippen LogP contribution >= 0.6 is 0 Å². The van der Waals surface area contributed by atoms with Gasteiger partial charge in [0.2, 0.25) is 0 Å². The van der Waals surface area contributed by atoms with Crippen molar-refractivity contribution < 1.29 is 0 Å². The Kier molecular flexibility index (Phi) is 2.51. The minimum absolute atomic E-state index is 0.573. The van der Waals surface area contributed by atoms with Crippen LogP contribution in [0.4, 0.5) is 0 Å². The molecule has 0 amide bonds. The monoisotopic (exact) mass is 182 g/mol. The second-order valence-electron chi connectivity index (χ2n) is 3.46. The maximum atomic E-state index is 3.87. The molecule has 6 nitrogen and oxygen atoms in total. The first kappa shape index (κ1) is 8.58. The van der Waals surface area contributed by atoms with Crippen LogP contribution < -0.4 is 5.32 Å². The van der Waals surface area contributed by atoms with E-state index in [1.807, 2.05) is 0 Å². The third-order valence-electron chi connectivity index (χ3n) is 2.33. The van der Waals surface area contributed by atoms with Gasteiger partial charge in [0, 0.05) is 12.6 Å². The molecule has 1 atom stereocenters. The molecule has 1 saturated heterocycles. The summed E-state index contributed by atoms with van der Waals surface area (Å²) in [5, 5.41) is 17.1. The predicted octanol–water partition coefficient (Wildman–Crippen LogP) is -1.01. The lowest BCUT2D eigenvalue weighted by Gasteiger charge is -2.10. The maximum absolute atomic E-state index is 3.87. The number of hydrogen-bond donors (Lipinski definition) is 2. The number of nitrogens with one attached hydrogen (secondary N) is 2. The van der Waals surface area contributed by atoms with Crippen molar-refractivity contribution in [1.82, 2.24) is 30.8 Å². The zero-order valence-corrected chi connectivity index (χ0v) is 7.69.